The first-order valence-corrected chi connectivity index (χ1v) is 5.09. The number of benzene rings is 1. The van der Waals surface area contributed by atoms with Gasteiger partial charge < -0.3 is 21.3 Å². The van der Waals surface area contributed by atoms with Gasteiger partial charge in [-0.05, 0) is 18.6 Å². The number of hydrogen-bond donors (Lipinski definition) is 4. The number of carboxylic acid groups (broad SMARTS) is 1. The molecule has 92 valence electrons. The molecule has 0 bridgehead atoms. The smallest absolute Gasteiger partial charge is 0.303 e. The fraction of sp³-hybridized carbons (Fsp3) is 0.273. The van der Waals surface area contributed by atoms with Crippen LogP contribution in [-0.4, -0.2) is 22.1 Å². The van der Waals surface area contributed by atoms with Gasteiger partial charge in [0, 0.05) is 24.6 Å². The lowest BCUT2D eigenvalue weighted by molar-refractivity contribution is -0.137. The molecule has 17 heavy (non-hydrogen) atoms. The zero-order valence-electron chi connectivity index (χ0n) is 9.14. The molecule has 0 aliphatic carbocycles. The molecule has 1 aromatic rings. The summed E-state index contributed by atoms with van der Waals surface area (Å²) >= 11 is 0. The van der Waals surface area contributed by atoms with E-state index < -0.39 is 5.97 Å². The van der Waals surface area contributed by atoms with Crippen molar-refractivity contribution in [1.82, 2.24) is 0 Å². The number of amides is 1. The first-order chi connectivity index (χ1) is 7.99. The van der Waals surface area contributed by atoms with E-state index >= 15 is 0 Å². The highest BCUT2D eigenvalue weighted by molar-refractivity contribution is 5.91. The summed E-state index contributed by atoms with van der Waals surface area (Å²) in [6.45, 7) is 0. The maximum atomic E-state index is 11.4. The molecule has 0 saturated carbocycles. The molecule has 0 aliphatic rings. The molecule has 0 aliphatic heterocycles. The lowest BCUT2D eigenvalue weighted by atomic mass is 10.2. The monoisotopic (exact) mass is 238 g/mol. The lowest BCUT2D eigenvalue weighted by Crippen LogP contribution is -2.11. The molecule has 0 unspecified atom stereocenters. The van der Waals surface area contributed by atoms with Crippen LogP contribution in [0.4, 0.5) is 11.4 Å². The molecule has 0 heterocycles. The van der Waals surface area contributed by atoms with Gasteiger partial charge in [0.05, 0.1) is 5.69 Å². The molecule has 0 radical (unpaired) electrons. The van der Waals surface area contributed by atoms with E-state index in [1.54, 1.807) is 6.07 Å². The molecule has 1 rings (SSSR count). The van der Waals surface area contributed by atoms with Gasteiger partial charge in [0.2, 0.25) is 5.91 Å². The van der Waals surface area contributed by atoms with Gasteiger partial charge in [0.25, 0.3) is 0 Å². The summed E-state index contributed by atoms with van der Waals surface area (Å²) in [6.07, 6.45) is 0.361. The average Bonchev–Trinajstić information content (AvgIpc) is 2.23. The summed E-state index contributed by atoms with van der Waals surface area (Å²) in [5, 5.41) is 20.2. The largest absolute Gasteiger partial charge is 0.506 e. The van der Waals surface area contributed by atoms with Crippen molar-refractivity contribution in [2.45, 2.75) is 19.3 Å². The molecule has 0 fully saturated rings. The Morgan fingerprint density at radius 2 is 2.00 bits per heavy atom. The number of carbonyl (C=O) groups excluding carboxylic acids is 1. The summed E-state index contributed by atoms with van der Waals surface area (Å²) in [5.41, 5.74) is 6.06. The molecular formula is C11H14N2O4. The predicted molar refractivity (Wildman–Crippen MR) is 62.6 cm³/mol. The Bertz CT molecular complexity index is 431. The van der Waals surface area contributed by atoms with E-state index in [2.05, 4.69) is 5.32 Å². The number of phenols is 1. The number of carboxylic acids is 1. The van der Waals surface area contributed by atoms with Crippen molar-refractivity contribution in [3.05, 3.63) is 18.2 Å². The minimum atomic E-state index is -0.928. The molecular weight excluding hydrogens is 224 g/mol. The fourth-order valence-corrected chi connectivity index (χ4v) is 1.25. The Hall–Kier alpha value is -2.24. The normalized spacial score (nSPS) is 9.88. The number of carbonyl (C=O) groups is 2. The minimum absolute atomic E-state index is 0.0413. The van der Waals surface area contributed by atoms with Gasteiger partial charge in [-0.1, -0.05) is 0 Å². The second kappa shape index (κ2) is 5.74. The fourth-order valence-electron chi connectivity index (χ4n) is 1.25. The summed E-state index contributed by atoms with van der Waals surface area (Å²) in [4.78, 5) is 21.6. The van der Waals surface area contributed by atoms with Crippen molar-refractivity contribution in [2.75, 3.05) is 11.1 Å². The number of aliphatic carboxylic acids is 1. The number of nitrogen functional groups attached to an aromatic ring is 1. The maximum Gasteiger partial charge on any atom is 0.303 e. The van der Waals surface area contributed by atoms with E-state index in [9.17, 15) is 14.7 Å². The number of nitrogens with two attached hydrogens (primary N) is 1. The van der Waals surface area contributed by atoms with Crippen LogP contribution in [0.1, 0.15) is 19.3 Å². The second-order valence-corrected chi connectivity index (χ2v) is 3.57. The highest BCUT2D eigenvalue weighted by atomic mass is 16.4. The van der Waals surface area contributed by atoms with E-state index in [1.807, 2.05) is 0 Å². The van der Waals surface area contributed by atoms with Crippen LogP contribution in [0.25, 0.3) is 0 Å². The predicted octanol–water partition coefficient (Wildman–Crippen LogP) is 1.17. The van der Waals surface area contributed by atoms with E-state index in [4.69, 9.17) is 10.8 Å². The van der Waals surface area contributed by atoms with Gasteiger partial charge in [-0.25, -0.2) is 0 Å². The highest BCUT2D eigenvalue weighted by Gasteiger charge is 2.05. The molecule has 6 heteroatoms. The molecule has 6 nitrogen and oxygen atoms in total. The number of phenolic OH excluding ortho intramolecular Hbond substituents is 1. The third-order valence-corrected chi connectivity index (χ3v) is 2.11. The lowest BCUT2D eigenvalue weighted by Gasteiger charge is -2.06. The van der Waals surface area contributed by atoms with Crippen molar-refractivity contribution >= 4 is 23.3 Å². The quantitative estimate of drug-likeness (QED) is 0.454. The second-order valence-electron chi connectivity index (χ2n) is 3.57. The van der Waals surface area contributed by atoms with Crippen molar-refractivity contribution in [3.8, 4) is 5.75 Å². The van der Waals surface area contributed by atoms with Gasteiger partial charge in [0.1, 0.15) is 5.75 Å². The third kappa shape index (κ3) is 4.42. The number of rotatable bonds is 5. The number of nitrogens with one attached hydrogen (secondary N) is 1. The van der Waals surface area contributed by atoms with Crippen molar-refractivity contribution in [3.63, 3.8) is 0 Å². The average molecular weight is 238 g/mol. The Morgan fingerprint density at radius 1 is 1.29 bits per heavy atom. The Labute approximate surface area is 98.1 Å². The number of hydrogen-bond acceptors (Lipinski definition) is 4. The van der Waals surface area contributed by atoms with Crippen LogP contribution < -0.4 is 11.1 Å². The van der Waals surface area contributed by atoms with Crippen LogP contribution in [0.5, 0.6) is 5.75 Å². The van der Waals surface area contributed by atoms with E-state index in [0.29, 0.717) is 5.69 Å². The summed E-state index contributed by atoms with van der Waals surface area (Å²) < 4.78 is 0. The van der Waals surface area contributed by atoms with Crippen molar-refractivity contribution in [2.24, 2.45) is 0 Å². The van der Waals surface area contributed by atoms with E-state index in [1.165, 1.54) is 12.1 Å². The third-order valence-electron chi connectivity index (χ3n) is 2.11. The standard InChI is InChI=1S/C11H14N2O4/c12-8-5-4-7(6-9(8)14)13-10(15)2-1-3-11(16)17/h4-6,14H,1-3,12H2,(H,13,15)(H,16,17). The molecule has 5 N–H and O–H groups in total. The van der Waals surface area contributed by atoms with Gasteiger partial charge >= 0.3 is 5.97 Å². The zero-order valence-corrected chi connectivity index (χ0v) is 9.14. The van der Waals surface area contributed by atoms with Crippen molar-refractivity contribution in [1.29, 1.82) is 0 Å². The summed E-state index contributed by atoms with van der Waals surface area (Å²) in [6, 6.07) is 4.37. The van der Waals surface area contributed by atoms with Gasteiger partial charge in [-0.3, -0.25) is 9.59 Å². The summed E-state index contributed by atoms with van der Waals surface area (Å²) in [5.74, 6) is -1.33. The first kappa shape index (κ1) is 12.8. The van der Waals surface area contributed by atoms with E-state index in [0.717, 1.165) is 0 Å². The maximum absolute atomic E-state index is 11.4. The highest BCUT2D eigenvalue weighted by Crippen LogP contribution is 2.23. The SMILES string of the molecule is Nc1ccc(NC(=O)CCCC(=O)O)cc1O. The Kier molecular flexibility index (Phi) is 4.33. The first-order valence-electron chi connectivity index (χ1n) is 5.09. The van der Waals surface area contributed by atoms with Crippen LogP contribution in [0.3, 0.4) is 0 Å². The minimum Gasteiger partial charge on any atom is -0.506 e. The van der Waals surface area contributed by atoms with E-state index in [-0.39, 0.29) is 36.6 Å². The van der Waals surface area contributed by atoms with Crippen molar-refractivity contribution < 1.29 is 19.8 Å². The van der Waals surface area contributed by atoms with Crippen LogP contribution in [0, 0.1) is 0 Å². The molecule has 0 atom stereocenters. The molecule has 0 spiro atoms. The van der Waals surface area contributed by atoms with Gasteiger partial charge in [-0.15, -0.1) is 0 Å². The zero-order chi connectivity index (χ0) is 12.8. The molecule has 1 amide bonds. The molecule has 0 saturated heterocycles. The number of anilines is 2. The van der Waals surface area contributed by atoms with Crippen LogP contribution in [0.2, 0.25) is 0 Å². The Balaban J connectivity index is 2.45. The molecule has 1 aromatic carbocycles. The van der Waals surface area contributed by atoms with Gasteiger partial charge in [-0.2, -0.15) is 0 Å². The van der Waals surface area contributed by atoms with Crippen LogP contribution in [-0.2, 0) is 9.59 Å². The topological polar surface area (TPSA) is 113 Å². The Morgan fingerprint density at radius 3 is 2.59 bits per heavy atom. The number of aromatic hydroxyl groups is 1. The molecule has 0 aromatic heterocycles. The van der Waals surface area contributed by atoms with Crippen LogP contribution in [0.15, 0.2) is 18.2 Å². The van der Waals surface area contributed by atoms with Gasteiger partial charge in [0.15, 0.2) is 0 Å². The summed E-state index contributed by atoms with van der Waals surface area (Å²) in [7, 11) is 0. The van der Waals surface area contributed by atoms with Crippen LogP contribution >= 0.6 is 0 Å².